The summed E-state index contributed by atoms with van der Waals surface area (Å²) in [5, 5.41) is 5.19. The Labute approximate surface area is 174 Å². The van der Waals surface area contributed by atoms with Crippen molar-refractivity contribution in [3.8, 4) is 11.3 Å². The molecule has 0 atom stereocenters. The monoisotopic (exact) mass is 427 g/mol. The molecule has 1 amide bonds. The van der Waals surface area contributed by atoms with Crippen molar-refractivity contribution in [3.63, 3.8) is 0 Å². The van der Waals surface area contributed by atoms with Crippen molar-refractivity contribution < 1.29 is 13.2 Å². The van der Waals surface area contributed by atoms with E-state index in [2.05, 4.69) is 21.1 Å². The number of sulfonamides is 1. The SMILES string of the molecule is Cc1ccc(-c2csc(NC(=O)c3ccc(S(=O)(=O)NC4CC4)cc3)n2)c(C)c1. The second-order valence-electron chi connectivity index (χ2n) is 7.23. The molecule has 1 aliphatic rings. The highest BCUT2D eigenvalue weighted by molar-refractivity contribution is 7.89. The maximum Gasteiger partial charge on any atom is 0.257 e. The lowest BCUT2D eigenvalue weighted by molar-refractivity contribution is 0.102. The van der Waals surface area contributed by atoms with Gasteiger partial charge in [-0.2, -0.15) is 0 Å². The third-order valence-corrected chi connectivity index (χ3v) is 7.00. The molecule has 1 fully saturated rings. The normalized spacial score (nSPS) is 14.0. The minimum Gasteiger partial charge on any atom is -0.298 e. The average Bonchev–Trinajstić information content (AvgIpc) is 3.36. The van der Waals surface area contributed by atoms with Gasteiger partial charge in [0, 0.05) is 22.5 Å². The van der Waals surface area contributed by atoms with Crippen molar-refractivity contribution in [2.75, 3.05) is 5.32 Å². The van der Waals surface area contributed by atoms with Gasteiger partial charge in [-0.3, -0.25) is 10.1 Å². The van der Waals surface area contributed by atoms with Crippen molar-refractivity contribution in [1.29, 1.82) is 0 Å². The largest absolute Gasteiger partial charge is 0.298 e. The summed E-state index contributed by atoms with van der Waals surface area (Å²) in [5.74, 6) is -0.328. The van der Waals surface area contributed by atoms with E-state index in [4.69, 9.17) is 0 Å². The van der Waals surface area contributed by atoms with Crippen LogP contribution in [0.25, 0.3) is 11.3 Å². The molecule has 8 heteroatoms. The fraction of sp³-hybridized carbons (Fsp3) is 0.238. The summed E-state index contributed by atoms with van der Waals surface area (Å²) in [6.45, 7) is 4.08. The van der Waals surface area contributed by atoms with E-state index >= 15 is 0 Å². The van der Waals surface area contributed by atoms with E-state index in [1.807, 2.05) is 31.4 Å². The minimum absolute atomic E-state index is 0.0410. The zero-order valence-corrected chi connectivity index (χ0v) is 17.7. The van der Waals surface area contributed by atoms with Gasteiger partial charge in [0.05, 0.1) is 10.6 Å². The number of amides is 1. The molecule has 0 radical (unpaired) electrons. The molecule has 0 unspecified atom stereocenters. The molecular weight excluding hydrogens is 406 g/mol. The Morgan fingerprint density at radius 2 is 1.83 bits per heavy atom. The molecule has 1 aromatic heterocycles. The first-order valence-electron chi connectivity index (χ1n) is 9.29. The molecule has 29 heavy (non-hydrogen) atoms. The predicted molar refractivity (Wildman–Crippen MR) is 115 cm³/mol. The Hall–Kier alpha value is -2.55. The van der Waals surface area contributed by atoms with Crippen molar-refractivity contribution in [3.05, 3.63) is 64.5 Å². The predicted octanol–water partition coefficient (Wildman–Crippen LogP) is 4.12. The van der Waals surface area contributed by atoms with E-state index in [0.717, 1.165) is 29.7 Å². The number of benzene rings is 2. The van der Waals surface area contributed by atoms with Crippen LogP contribution in [0.1, 0.15) is 34.3 Å². The molecule has 1 aliphatic carbocycles. The molecule has 1 heterocycles. The number of rotatable bonds is 6. The van der Waals surface area contributed by atoms with E-state index in [9.17, 15) is 13.2 Å². The summed E-state index contributed by atoms with van der Waals surface area (Å²) in [4.78, 5) is 17.2. The van der Waals surface area contributed by atoms with Crippen LogP contribution in [0.3, 0.4) is 0 Å². The number of hydrogen-bond donors (Lipinski definition) is 2. The van der Waals surface area contributed by atoms with Gasteiger partial charge in [-0.05, 0) is 56.5 Å². The van der Waals surface area contributed by atoms with E-state index in [1.165, 1.54) is 41.2 Å². The van der Waals surface area contributed by atoms with Crippen molar-refractivity contribution in [2.45, 2.75) is 37.6 Å². The number of carbonyl (C=O) groups excluding carboxylic acids is 1. The Kier molecular flexibility index (Phi) is 5.24. The van der Waals surface area contributed by atoms with Crippen LogP contribution >= 0.6 is 11.3 Å². The molecule has 0 aliphatic heterocycles. The summed E-state index contributed by atoms with van der Waals surface area (Å²) in [7, 11) is -3.52. The quantitative estimate of drug-likeness (QED) is 0.619. The van der Waals surface area contributed by atoms with Crippen LogP contribution < -0.4 is 10.0 Å². The molecular formula is C21H21N3O3S2. The van der Waals surface area contributed by atoms with E-state index in [-0.39, 0.29) is 16.8 Å². The van der Waals surface area contributed by atoms with Crippen LogP contribution in [0.2, 0.25) is 0 Å². The zero-order chi connectivity index (χ0) is 20.6. The molecule has 1 saturated carbocycles. The van der Waals surface area contributed by atoms with Crippen LogP contribution in [-0.2, 0) is 10.0 Å². The number of anilines is 1. The Bertz CT molecular complexity index is 1160. The van der Waals surface area contributed by atoms with E-state index < -0.39 is 10.0 Å². The third kappa shape index (κ3) is 4.55. The highest BCUT2D eigenvalue weighted by atomic mass is 32.2. The number of carbonyl (C=O) groups is 1. The van der Waals surface area contributed by atoms with Gasteiger partial charge >= 0.3 is 0 Å². The smallest absolute Gasteiger partial charge is 0.257 e. The minimum atomic E-state index is -3.52. The van der Waals surface area contributed by atoms with Gasteiger partial charge in [0.2, 0.25) is 10.0 Å². The summed E-state index contributed by atoms with van der Waals surface area (Å²) in [5.41, 5.74) is 4.54. The standard InChI is InChI=1S/C21H21N3O3S2/c1-13-3-10-18(14(2)11-13)19-12-28-21(22-19)23-20(25)15-4-8-17(9-5-15)29(26,27)24-16-6-7-16/h3-5,8-12,16,24H,6-7H2,1-2H3,(H,22,23,25). The van der Waals surface area contributed by atoms with Gasteiger partial charge in [-0.15, -0.1) is 11.3 Å². The molecule has 4 rings (SSSR count). The van der Waals surface area contributed by atoms with Gasteiger partial charge in [0.1, 0.15) is 0 Å². The highest BCUT2D eigenvalue weighted by Crippen LogP contribution is 2.28. The lowest BCUT2D eigenvalue weighted by Crippen LogP contribution is -2.25. The summed E-state index contributed by atoms with van der Waals surface area (Å²) in [6, 6.07) is 12.1. The topological polar surface area (TPSA) is 88.2 Å². The van der Waals surface area contributed by atoms with Gasteiger partial charge in [0.15, 0.2) is 5.13 Å². The number of thiazole rings is 1. The van der Waals surface area contributed by atoms with Crippen LogP contribution in [-0.4, -0.2) is 25.4 Å². The zero-order valence-electron chi connectivity index (χ0n) is 16.1. The molecule has 6 nitrogen and oxygen atoms in total. The fourth-order valence-electron chi connectivity index (χ4n) is 3.00. The molecule has 2 N–H and O–H groups in total. The third-order valence-electron chi connectivity index (χ3n) is 4.71. The average molecular weight is 428 g/mol. The van der Waals surface area contributed by atoms with E-state index in [1.54, 1.807) is 0 Å². The lowest BCUT2D eigenvalue weighted by atomic mass is 10.0. The molecule has 0 spiro atoms. The summed E-state index contributed by atoms with van der Waals surface area (Å²) in [6.07, 6.45) is 1.75. The van der Waals surface area contributed by atoms with Gasteiger partial charge in [-0.1, -0.05) is 23.8 Å². The second kappa shape index (κ2) is 7.70. The first kappa shape index (κ1) is 19.8. The molecule has 150 valence electrons. The van der Waals surface area contributed by atoms with Crippen LogP contribution in [0.4, 0.5) is 5.13 Å². The van der Waals surface area contributed by atoms with Gasteiger partial charge < -0.3 is 0 Å². The fourth-order valence-corrected chi connectivity index (χ4v) is 5.01. The molecule has 3 aromatic rings. The van der Waals surface area contributed by atoms with Crippen LogP contribution in [0, 0.1) is 13.8 Å². The summed E-state index contributed by atoms with van der Waals surface area (Å²) >= 11 is 1.35. The Morgan fingerprint density at radius 3 is 2.48 bits per heavy atom. The van der Waals surface area contributed by atoms with Crippen LogP contribution in [0.5, 0.6) is 0 Å². The first-order valence-corrected chi connectivity index (χ1v) is 11.6. The second-order valence-corrected chi connectivity index (χ2v) is 9.80. The lowest BCUT2D eigenvalue weighted by Gasteiger charge is -2.07. The van der Waals surface area contributed by atoms with Gasteiger partial charge in [-0.25, -0.2) is 18.1 Å². The maximum atomic E-state index is 12.5. The van der Waals surface area contributed by atoms with E-state index in [0.29, 0.717) is 10.7 Å². The molecule has 0 bridgehead atoms. The van der Waals surface area contributed by atoms with Crippen LogP contribution in [0.15, 0.2) is 52.7 Å². The number of aromatic nitrogens is 1. The number of nitrogens with one attached hydrogen (secondary N) is 2. The molecule has 2 aromatic carbocycles. The maximum absolute atomic E-state index is 12.5. The first-order chi connectivity index (χ1) is 13.8. The van der Waals surface area contributed by atoms with Crippen molar-refractivity contribution >= 4 is 32.4 Å². The summed E-state index contributed by atoms with van der Waals surface area (Å²) < 4.78 is 27.1. The van der Waals surface area contributed by atoms with Crippen molar-refractivity contribution in [2.24, 2.45) is 0 Å². The number of hydrogen-bond acceptors (Lipinski definition) is 5. The van der Waals surface area contributed by atoms with Crippen molar-refractivity contribution in [1.82, 2.24) is 9.71 Å². The molecule has 0 saturated heterocycles. The number of nitrogens with zero attached hydrogens (tertiary/aromatic N) is 1. The van der Waals surface area contributed by atoms with Gasteiger partial charge in [0.25, 0.3) is 5.91 Å². The Balaban J connectivity index is 1.46. The highest BCUT2D eigenvalue weighted by Gasteiger charge is 2.28. The Morgan fingerprint density at radius 1 is 1.10 bits per heavy atom. The number of aryl methyl sites for hydroxylation is 2.